The van der Waals surface area contributed by atoms with Crippen LogP contribution in [0.2, 0.25) is 0 Å². The van der Waals surface area contributed by atoms with Crippen molar-refractivity contribution in [2.24, 2.45) is 0 Å². The van der Waals surface area contributed by atoms with Gasteiger partial charge in [0.15, 0.2) is 0 Å². The number of hydrogen-bond donors (Lipinski definition) is 1. The summed E-state index contributed by atoms with van der Waals surface area (Å²) in [5, 5.41) is 12.6. The highest BCUT2D eigenvalue weighted by molar-refractivity contribution is 6.10. The molecule has 0 saturated carbocycles. The van der Waals surface area contributed by atoms with Crippen molar-refractivity contribution in [2.75, 3.05) is 23.9 Å². The van der Waals surface area contributed by atoms with Crippen LogP contribution in [0.3, 0.4) is 0 Å². The van der Waals surface area contributed by atoms with Crippen LogP contribution in [0.5, 0.6) is 5.75 Å². The average molecular weight is 430 g/mol. The number of aryl methyl sites for hydroxylation is 1. The molecule has 2 aromatic rings. The van der Waals surface area contributed by atoms with Crippen molar-refractivity contribution in [3.63, 3.8) is 0 Å². The Morgan fingerprint density at radius 1 is 1.25 bits per heavy atom. The van der Waals surface area contributed by atoms with E-state index in [1.165, 1.54) is 0 Å². The summed E-state index contributed by atoms with van der Waals surface area (Å²) in [4.78, 5) is 15.2. The van der Waals surface area contributed by atoms with Crippen LogP contribution in [0, 0.1) is 11.3 Å². The van der Waals surface area contributed by atoms with E-state index in [4.69, 9.17) is 4.74 Å². The molecule has 166 valence electrons. The van der Waals surface area contributed by atoms with E-state index in [-0.39, 0.29) is 11.1 Å². The van der Waals surface area contributed by atoms with Gasteiger partial charge in [0.05, 0.1) is 12.6 Å². The SMILES string of the molecule is CCc1ccccc1NC(=O)/C(C#N)=C/c1cc2c(cc1OC)N(CC)C(C)(C)C=C2C. The molecule has 1 aliphatic heterocycles. The van der Waals surface area contributed by atoms with Gasteiger partial charge in [0.1, 0.15) is 17.4 Å². The molecule has 3 rings (SSSR count). The van der Waals surface area contributed by atoms with E-state index in [9.17, 15) is 10.1 Å². The van der Waals surface area contributed by atoms with Gasteiger partial charge in [0.2, 0.25) is 0 Å². The molecular weight excluding hydrogens is 398 g/mol. The lowest BCUT2D eigenvalue weighted by atomic mass is 9.87. The van der Waals surface area contributed by atoms with Crippen molar-refractivity contribution in [3.8, 4) is 11.8 Å². The van der Waals surface area contributed by atoms with E-state index in [1.54, 1.807) is 13.2 Å². The Labute approximate surface area is 191 Å². The van der Waals surface area contributed by atoms with Crippen LogP contribution in [0.25, 0.3) is 11.6 Å². The summed E-state index contributed by atoms with van der Waals surface area (Å²) in [6.45, 7) is 11.5. The van der Waals surface area contributed by atoms with Gasteiger partial charge in [-0.25, -0.2) is 0 Å². The Morgan fingerprint density at radius 2 is 1.97 bits per heavy atom. The van der Waals surface area contributed by atoms with Gasteiger partial charge in [-0.15, -0.1) is 0 Å². The summed E-state index contributed by atoms with van der Waals surface area (Å²) >= 11 is 0. The molecule has 1 N–H and O–H groups in total. The van der Waals surface area contributed by atoms with Crippen molar-refractivity contribution in [1.29, 1.82) is 5.26 Å². The average Bonchev–Trinajstić information content (AvgIpc) is 2.77. The first kappa shape index (κ1) is 23.1. The smallest absolute Gasteiger partial charge is 0.266 e. The second-order valence-corrected chi connectivity index (χ2v) is 8.47. The third-order valence-electron chi connectivity index (χ3n) is 5.96. The Hall–Kier alpha value is -3.52. The summed E-state index contributed by atoms with van der Waals surface area (Å²) in [6, 6.07) is 13.7. The minimum atomic E-state index is -0.434. The Kier molecular flexibility index (Phi) is 6.74. The van der Waals surface area contributed by atoms with Crippen molar-refractivity contribution >= 4 is 28.9 Å². The van der Waals surface area contributed by atoms with Crippen LogP contribution in [-0.4, -0.2) is 25.1 Å². The summed E-state index contributed by atoms with van der Waals surface area (Å²) < 4.78 is 5.66. The number of para-hydroxylation sites is 1. The molecule has 5 nitrogen and oxygen atoms in total. The highest BCUT2D eigenvalue weighted by Crippen LogP contribution is 2.42. The molecule has 1 amide bonds. The van der Waals surface area contributed by atoms with Crippen LogP contribution in [0.15, 0.2) is 48.0 Å². The number of nitrogens with one attached hydrogen (secondary N) is 1. The molecule has 5 heteroatoms. The third-order valence-corrected chi connectivity index (χ3v) is 5.96. The van der Waals surface area contributed by atoms with Gasteiger partial charge in [-0.2, -0.15) is 5.26 Å². The number of amides is 1. The van der Waals surface area contributed by atoms with Crippen LogP contribution < -0.4 is 15.0 Å². The van der Waals surface area contributed by atoms with E-state index in [1.807, 2.05) is 43.3 Å². The van der Waals surface area contributed by atoms with E-state index in [2.05, 4.69) is 50.1 Å². The number of benzene rings is 2. The highest BCUT2D eigenvalue weighted by Gasteiger charge is 2.31. The Balaban J connectivity index is 2.04. The second-order valence-electron chi connectivity index (χ2n) is 8.47. The van der Waals surface area contributed by atoms with E-state index < -0.39 is 5.91 Å². The molecule has 1 heterocycles. The fourth-order valence-corrected chi connectivity index (χ4v) is 4.43. The first-order valence-electron chi connectivity index (χ1n) is 11.0. The van der Waals surface area contributed by atoms with Crippen LogP contribution >= 0.6 is 0 Å². The molecule has 0 spiro atoms. The maximum absolute atomic E-state index is 12.9. The van der Waals surface area contributed by atoms with Crippen molar-refractivity contribution in [3.05, 3.63) is 64.7 Å². The number of carbonyl (C=O) groups is 1. The number of likely N-dealkylation sites (N-methyl/N-ethyl adjacent to an activating group) is 1. The van der Waals surface area contributed by atoms with Gasteiger partial charge in [-0.1, -0.05) is 31.2 Å². The van der Waals surface area contributed by atoms with Crippen molar-refractivity contribution in [2.45, 2.75) is 46.6 Å². The molecule has 0 atom stereocenters. The van der Waals surface area contributed by atoms with Crippen LogP contribution in [-0.2, 0) is 11.2 Å². The molecule has 1 aliphatic rings. The molecular formula is C27H31N3O2. The topological polar surface area (TPSA) is 65.4 Å². The minimum Gasteiger partial charge on any atom is -0.496 e. The number of hydrogen-bond acceptors (Lipinski definition) is 4. The van der Waals surface area contributed by atoms with Crippen LogP contribution in [0.4, 0.5) is 11.4 Å². The number of nitrogens with zero attached hydrogens (tertiary/aromatic N) is 2. The number of allylic oxidation sites excluding steroid dienone is 1. The summed E-state index contributed by atoms with van der Waals surface area (Å²) in [5.74, 6) is 0.193. The number of anilines is 2. The molecule has 0 radical (unpaired) electrons. The summed E-state index contributed by atoms with van der Waals surface area (Å²) in [5.41, 5.74) is 5.68. The lowest BCUT2D eigenvalue weighted by Gasteiger charge is -2.43. The number of rotatable bonds is 6. The highest BCUT2D eigenvalue weighted by atomic mass is 16.5. The van der Waals surface area contributed by atoms with Gasteiger partial charge in [-0.05, 0) is 63.5 Å². The summed E-state index contributed by atoms with van der Waals surface area (Å²) in [6.07, 6.45) is 4.64. The number of fused-ring (bicyclic) bond motifs is 1. The number of nitriles is 1. The van der Waals surface area contributed by atoms with Gasteiger partial charge in [-0.3, -0.25) is 4.79 Å². The molecule has 0 fully saturated rings. The van der Waals surface area contributed by atoms with E-state index in [0.29, 0.717) is 11.3 Å². The van der Waals surface area contributed by atoms with Gasteiger partial charge >= 0.3 is 0 Å². The fraction of sp³-hybridized carbons (Fsp3) is 0.333. The standard InChI is InChI=1S/C27H31N3O2/c1-7-19-11-9-10-12-23(19)29-26(31)21(17-28)13-20-14-22-18(3)16-27(4,5)30(8-2)24(22)15-25(20)32-6/h9-16H,7-8H2,1-6H3,(H,29,31)/b21-13+. The normalized spacial score (nSPS) is 14.8. The Morgan fingerprint density at radius 3 is 2.59 bits per heavy atom. The maximum Gasteiger partial charge on any atom is 0.266 e. The maximum atomic E-state index is 12.9. The zero-order chi connectivity index (χ0) is 23.5. The number of carbonyl (C=O) groups excluding carboxylic acids is 1. The van der Waals surface area contributed by atoms with Gasteiger partial charge in [0, 0.05) is 35.1 Å². The zero-order valence-electron chi connectivity index (χ0n) is 19.7. The molecule has 0 aliphatic carbocycles. The quantitative estimate of drug-likeness (QED) is 0.464. The van der Waals surface area contributed by atoms with Crippen LogP contribution in [0.1, 0.15) is 51.3 Å². The number of ether oxygens (including phenoxy) is 1. The third kappa shape index (κ3) is 4.40. The largest absolute Gasteiger partial charge is 0.496 e. The monoisotopic (exact) mass is 429 g/mol. The van der Waals surface area contributed by atoms with Crippen molar-refractivity contribution in [1.82, 2.24) is 0 Å². The number of methoxy groups -OCH3 is 1. The van der Waals surface area contributed by atoms with E-state index in [0.717, 1.165) is 41.0 Å². The van der Waals surface area contributed by atoms with E-state index >= 15 is 0 Å². The molecule has 0 unspecified atom stereocenters. The predicted molar refractivity (Wildman–Crippen MR) is 132 cm³/mol. The van der Waals surface area contributed by atoms with Gasteiger partial charge < -0.3 is 15.0 Å². The molecule has 32 heavy (non-hydrogen) atoms. The zero-order valence-corrected chi connectivity index (χ0v) is 19.7. The Bertz CT molecular complexity index is 1140. The first-order chi connectivity index (χ1) is 15.2. The fourth-order valence-electron chi connectivity index (χ4n) is 4.43. The van der Waals surface area contributed by atoms with Crippen molar-refractivity contribution < 1.29 is 9.53 Å². The lowest BCUT2D eigenvalue weighted by molar-refractivity contribution is -0.112. The predicted octanol–water partition coefficient (Wildman–Crippen LogP) is 5.83. The molecule has 0 saturated heterocycles. The molecule has 0 bridgehead atoms. The lowest BCUT2D eigenvalue weighted by Crippen LogP contribution is -2.44. The summed E-state index contributed by atoms with van der Waals surface area (Å²) in [7, 11) is 1.61. The molecule has 0 aromatic heterocycles. The second kappa shape index (κ2) is 9.32. The first-order valence-corrected chi connectivity index (χ1v) is 11.0. The van der Waals surface area contributed by atoms with Gasteiger partial charge in [0.25, 0.3) is 5.91 Å². The molecule has 2 aromatic carbocycles. The minimum absolute atomic E-state index is 0.0271.